The lowest BCUT2D eigenvalue weighted by Crippen LogP contribution is -2.31. The predicted molar refractivity (Wildman–Crippen MR) is 79.9 cm³/mol. The molecular weight excluding hydrogens is 250 g/mol. The van der Waals surface area contributed by atoms with Gasteiger partial charge in [-0.15, -0.1) is 0 Å². The molecular formula is C16H19N3O. The molecule has 0 amide bonds. The van der Waals surface area contributed by atoms with Gasteiger partial charge < -0.3 is 10.3 Å². The molecule has 1 aromatic heterocycles. The highest BCUT2D eigenvalue weighted by molar-refractivity contribution is 5.62. The predicted octanol–water partition coefficient (Wildman–Crippen LogP) is 2.21. The molecule has 4 heteroatoms. The Labute approximate surface area is 118 Å². The molecule has 0 spiro atoms. The molecule has 1 fully saturated rings. The summed E-state index contributed by atoms with van der Waals surface area (Å²) in [5, 5.41) is 3.36. The van der Waals surface area contributed by atoms with E-state index in [-0.39, 0.29) is 5.56 Å². The van der Waals surface area contributed by atoms with Gasteiger partial charge in [-0.25, -0.2) is 4.98 Å². The lowest BCUT2D eigenvalue weighted by Gasteiger charge is -2.22. The highest BCUT2D eigenvalue weighted by Gasteiger charge is 2.19. The van der Waals surface area contributed by atoms with Crippen LogP contribution in [0, 0.1) is 6.92 Å². The van der Waals surface area contributed by atoms with Crippen LogP contribution in [0.25, 0.3) is 11.3 Å². The Morgan fingerprint density at radius 3 is 2.75 bits per heavy atom. The molecule has 1 atom stereocenters. The molecule has 0 radical (unpaired) electrons. The van der Waals surface area contributed by atoms with Gasteiger partial charge >= 0.3 is 0 Å². The minimum atomic E-state index is -0.0283. The zero-order valence-corrected chi connectivity index (χ0v) is 11.6. The number of piperidine rings is 1. The van der Waals surface area contributed by atoms with Gasteiger partial charge in [0.05, 0.1) is 5.69 Å². The van der Waals surface area contributed by atoms with E-state index in [1.165, 1.54) is 0 Å². The summed E-state index contributed by atoms with van der Waals surface area (Å²) in [6.45, 7) is 3.77. The summed E-state index contributed by atoms with van der Waals surface area (Å²) >= 11 is 0. The zero-order chi connectivity index (χ0) is 13.9. The fraction of sp³-hybridized carbons (Fsp3) is 0.375. The van der Waals surface area contributed by atoms with Crippen LogP contribution in [-0.4, -0.2) is 23.1 Å². The topological polar surface area (TPSA) is 57.8 Å². The van der Waals surface area contributed by atoms with Crippen LogP contribution >= 0.6 is 0 Å². The number of benzene rings is 1. The van der Waals surface area contributed by atoms with Crippen LogP contribution in [0.3, 0.4) is 0 Å². The number of nitrogens with one attached hydrogen (secondary N) is 2. The quantitative estimate of drug-likeness (QED) is 0.879. The number of nitrogens with zero attached hydrogens (tertiary/aromatic N) is 1. The average Bonchev–Trinajstić information content (AvgIpc) is 2.51. The first-order valence-corrected chi connectivity index (χ1v) is 7.12. The van der Waals surface area contributed by atoms with Crippen molar-refractivity contribution in [2.24, 2.45) is 0 Å². The molecule has 104 valence electrons. The van der Waals surface area contributed by atoms with Crippen LogP contribution in [-0.2, 0) is 0 Å². The third-order valence-corrected chi connectivity index (χ3v) is 3.90. The number of H-pyrrole nitrogens is 1. The summed E-state index contributed by atoms with van der Waals surface area (Å²) < 4.78 is 0. The van der Waals surface area contributed by atoms with Crippen molar-refractivity contribution in [1.82, 2.24) is 15.3 Å². The first kappa shape index (κ1) is 13.1. The largest absolute Gasteiger partial charge is 0.316 e. The van der Waals surface area contributed by atoms with Crippen molar-refractivity contribution in [2.75, 3.05) is 13.1 Å². The van der Waals surface area contributed by atoms with Gasteiger partial charge in [0.25, 0.3) is 5.56 Å². The van der Waals surface area contributed by atoms with E-state index in [1.807, 2.05) is 37.3 Å². The van der Waals surface area contributed by atoms with E-state index in [2.05, 4.69) is 10.3 Å². The molecule has 2 aromatic rings. The first-order chi connectivity index (χ1) is 9.75. The molecule has 0 bridgehead atoms. The van der Waals surface area contributed by atoms with Gasteiger partial charge in [-0.2, -0.15) is 0 Å². The molecule has 3 rings (SSSR count). The van der Waals surface area contributed by atoms with E-state index >= 15 is 0 Å². The third kappa shape index (κ3) is 2.51. The summed E-state index contributed by atoms with van der Waals surface area (Å²) in [5.74, 6) is 1.12. The fourth-order valence-corrected chi connectivity index (χ4v) is 2.71. The molecule has 1 aliphatic heterocycles. The van der Waals surface area contributed by atoms with Crippen molar-refractivity contribution in [2.45, 2.75) is 25.7 Å². The van der Waals surface area contributed by atoms with E-state index in [0.29, 0.717) is 11.5 Å². The smallest absolute Gasteiger partial charge is 0.254 e. The standard InChI is InChI=1S/C16H19N3O/c1-11-14(12-6-3-2-4-7-12)18-15(19-16(11)20)13-8-5-9-17-10-13/h2-4,6-7,13,17H,5,8-10H2,1H3,(H,18,19,20). The second kappa shape index (κ2) is 5.59. The van der Waals surface area contributed by atoms with Gasteiger partial charge in [0.2, 0.25) is 0 Å². The normalized spacial score (nSPS) is 18.9. The van der Waals surface area contributed by atoms with Crippen molar-refractivity contribution in [3.05, 3.63) is 52.1 Å². The number of rotatable bonds is 2. The lowest BCUT2D eigenvalue weighted by atomic mass is 9.98. The molecule has 2 heterocycles. The van der Waals surface area contributed by atoms with Crippen molar-refractivity contribution >= 4 is 0 Å². The van der Waals surface area contributed by atoms with E-state index < -0.39 is 0 Å². The Balaban J connectivity index is 2.06. The SMILES string of the molecule is Cc1c(-c2ccccc2)nc(C2CCCNC2)[nH]c1=O. The molecule has 0 aliphatic carbocycles. The minimum Gasteiger partial charge on any atom is -0.316 e. The maximum Gasteiger partial charge on any atom is 0.254 e. The summed E-state index contributed by atoms with van der Waals surface area (Å²) in [5.41, 5.74) is 2.46. The van der Waals surface area contributed by atoms with Gasteiger partial charge in [0, 0.05) is 23.6 Å². The number of aromatic amines is 1. The van der Waals surface area contributed by atoms with Gasteiger partial charge in [-0.3, -0.25) is 4.79 Å². The van der Waals surface area contributed by atoms with Crippen LogP contribution in [0.15, 0.2) is 35.1 Å². The molecule has 4 nitrogen and oxygen atoms in total. The van der Waals surface area contributed by atoms with Gasteiger partial charge in [0.1, 0.15) is 5.82 Å². The van der Waals surface area contributed by atoms with Crippen molar-refractivity contribution in [1.29, 1.82) is 0 Å². The van der Waals surface area contributed by atoms with E-state index in [9.17, 15) is 4.79 Å². The Bertz CT molecular complexity index is 643. The lowest BCUT2D eigenvalue weighted by molar-refractivity contribution is 0.446. The van der Waals surface area contributed by atoms with Crippen LogP contribution in [0.5, 0.6) is 0 Å². The van der Waals surface area contributed by atoms with Crippen LogP contribution < -0.4 is 10.9 Å². The average molecular weight is 269 g/mol. The maximum atomic E-state index is 12.2. The maximum absolute atomic E-state index is 12.2. The van der Waals surface area contributed by atoms with Crippen molar-refractivity contribution in [3.63, 3.8) is 0 Å². The highest BCUT2D eigenvalue weighted by Crippen LogP contribution is 2.23. The minimum absolute atomic E-state index is 0.0283. The summed E-state index contributed by atoms with van der Waals surface area (Å²) in [6, 6.07) is 9.91. The van der Waals surface area contributed by atoms with Crippen LogP contribution in [0.4, 0.5) is 0 Å². The van der Waals surface area contributed by atoms with Crippen molar-refractivity contribution < 1.29 is 0 Å². The van der Waals surface area contributed by atoms with E-state index in [0.717, 1.165) is 43.0 Å². The first-order valence-electron chi connectivity index (χ1n) is 7.12. The van der Waals surface area contributed by atoms with Crippen LogP contribution in [0.1, 0.15) is 30.1 Å². The number of hydrogen-bond acceptors (Lipinski definition) is 3. The monoisotopic (exact) mass is 269 g/mol. The summed E-state index contributed by atoms with van der Waals surface area (Å²) in [6.07, 6.45) is 2.20. The summed E-state index contributed by atoms with van der Waals surface area (Å²) in [7, 11) is 0. The molecule has 20 heavy (non-hydrogen) atoms. The second-order valence-electron chi connectivity index (χ2n) is 5.33. The summed E-state index contributed by atoms with van der Waals surface area (Å²) in [4.78, 5) is 19.8. The zero-order valence-electron chi connectivity index (χ0n) is 11.6. The molecule has 1 aromatic carbocycles. The highest BCUT2D eigenvalue weighted by atomic mass is 16.1. The van der Waals surface area contributed by atoms with Gasteiger partial charge in [-0.05, 0) is 26.3 Å². The molecule has 2 N–H and O–H groups in total. The van der Waals surface area contributed by atoms with E-state index in [4.69, 9.17) is 4.98 Å². The molecule has 1 unspecified atom stereocenters. The molecule has 1 saturated heterocycles. The Kier molecular flexibility index (Phi) is 3.65. The van der Waals surface area contributed by atoms with Crippen molar-refractivity contribution in [3.8, 4) is 11.3 Å². The molecule has 0 saturated carbocycles. The Hall–Kier alpha value is -1.94. The van der Waals surface area contributed by atoms with Gasteiger partial charge in [0.15, 0.2) is 0 Å². The van der Waals surface area contributed by atoms with Crippen LogP contribution in [0.2, 0.25) is 0 Å². The van der Waals surface area contributed by atoms with Gasteiger partial charge in [-0.1, -0.05) is 30.3 Å². The van der Waals surface area contributed by atoms with E-state index in [1.54, 1.807) is 0 Å². The fourth-order valence-electron chi connectivity index (χ4n) is 2.71. The molecule has 1 aliphatic rings. The number of aromatic nitrogens is 2. The Morgan fingerprint density at radius 1 is 1.25 bits per heavy atom. The second-order valence-corrected chi connectivity index (χ2v) is 5.33. The third-order valence-electron chi connectivity index (χ3n) is 3.90. The Morgan fingerprint density at radius 2 is 2.05 bits per heavy atom. The number of hydrogen-bond donors (Lipinski definition) is 2.